The van der Waals surface area contributed by atoms with Gasteiger partial charge in [-0.05, 0) is 54.0 Å². The van der Waals surface area contributed by atoms with E-state index in [-0.39, 0.29) is 9.80 Å². The van der Waals surface area contributed by atoms with Crippen molar-refractivity contribution in [1.29, 1.82) is 5.26 Å². The average Bonchev–Trinajstić information content (AvgIpc) is 2.77. The summed E-state index contributed by atoms with van der Waals surface area (Å²) in [5, 5.41) is 9.45. The molecule has 30 heavy (non-hydrogen) atoms. The maximum absolute atomic E-state index is 12.7. The third-order valence-corrected chi connectivity index (χ3v) is 6.26. The van der Waals surface area contributed by atoms with Crippen LogP contribution in [0, 0.1) is 18.3 Å². The fourth-order valence-corrected chi connectivity index (χ4v) is 4.05. The van der Waals surface area contributed by atoms with Gasteiger partial charge in [0.2, 0.25) is 9.84 Å². The van der Waals surface area contributed by atoms with E-state index in [1.807, 2.05) is 31.2 Å². The number of rotatable bonds is 7. The predicted octanol–water partition coefficient (Wildman–Crippen LogP) is 4.92. The topological polar surface area (TPSA) is 76.4 Å². The second-order valence-electron chi connectivity index (χ2n) is 6.56. The summed E-state index contributed by atoms with van der Waals surface area (Å²) in [6.45, 7) is 2.39. The van der Waals surface area contributed by atoms with E-state index in [1.54, 1.807) is 42.5 Å². The summed E-state index contributed by atoms with van der Waals surface area (Å²) in [5.41, 5.74) is 2.70. The third kappa shape index (κ3) is 4.70. The molecular weight excluding hydrogens is 398 g/mol. The van der Waals surface area contributed by atoms with Crippen LogP contribution in [0.1, 0.15) is 16.7 Å². The van der Waals surface area contributed by atoms with Crippen molar-refractivity contribution >= 4 is 15.9 Å². The second kappa shape index (κ2) is 9.29. The van der Waals surface area contributed by atoms with Gasteiger partial charge >= 0.3 is 0 Å². The molecule has 0 unspecified atom stereocenters. The van der Waals surface area contributed by atoms with Crippen LogP contribution in [0.2, 0.25) is 0 Å². The number of nitrogens with zero attached hydrogens (tertiary/aromatic N) is 1. The summed E-state index contributed by atoms with van der Waals surface area (Å²) >= 11 is 0. The van der Waals surface area contributed by atoms with E-state index in [0.29, 0.717) is 23.7 Å². The minimum absolute atomic E-state index is 0.0722. The van der Waals surface area contributed by atoms with Crippen LogP contribution in [0.5, 0.6) is 11.5 Å². The summed E-state index contributed by atoms with van der Waals surface area (Å²) in [6, 6.07) is 22.6. The number of ether oxygens (including phenoxy) is 2. The summed E-state index contributed by atoms with van der Waals surface area (Å²) in [6.07, 6.45) is 1.33. The minimum Gasteiger partial charge on any atom is -0.493 e. The van der Waals surface area contributed by atoms with Crippen LogP contribution in [-0.4, -0.2) is 15.5 Å². The predicted molar refractivity (Wildman–Crippen MR) is 116 cm³/mol. The Bertz CT molecular complexity index is 1210. The number of hydrogen-bond acceptors (Lipinski definition) is 5. The molecule has 0 spiro atoms. The van der Waals surface area contributed by atoms with Crippen LogP contribution >= 0.6 is 0 Å². The van der Waals surface area contributed by atoms with Gasteiger partial charge < -0.3 is 9.47 Å². The molecule has 0 radical (unpaired) electrons. The Labute approximate surface area is 176 Å². The molecule has 152 valence electrons. The Kier molecular flexibility index (Phi) is 6.55. The average molecular weight is 420 g/mol. The lowest BCUT2D eigenvalue weighted by Gasteiger charge is -2.13. The van der Waals surface area contributed by atoms with Crippen molar-refractivity contribution in [2.75, 3.05) is 7.11 Å². The first-order chi connectivity index (χ1) is 14.5. The Balaban J connectivity index is 1.88. The van der Waals surface area contributed by atoms with Gasteiger partial charge in [0, 0.05) is 0 Å². The number of allylic oxidation sites excluding steroid dienone is 1. The SMILES string of the molecule is COc1cc(/C=C(\C#N)S(=O)(=O)c2ccccc2)ccc1OCc1ccccc1C. The van der Waals surface area contributed by atoms with Gasteiger partial charge in [0.15, 0.2) is 11.5 Å². The van der Waals surface area contributed by atoms with Crippen molar-refractivity contribution < 1.29 is 17.9 Å². The zero-order chi connectivity index (χ0) is 21.6. The Hall–Kier alpha value is -3.56. The van der Waals surface area contributed by atoms with E-state index in [2.05, 4.69) is 0 Å². The highest BCUT2D eigenvalue weighted by Gasteiger charge is 2.20. The molecule has 3 rings (SSSR count). The molecule has 0 aliphatic carbocycles. The lowest BCUT2D eigenvalue weighted by Crippen LogP contribution is -2.03. The monoisotopic (exact) mass is 419 g/mol. The van der Waals surface area contributed by atoms with Gasteiger partial charge in [0.1, 0.15) is 17.6 Å². The summed E-state index contributed by atoms with van der Waals surface area (Å²) < 4.78 is 36.8. The summed E-state index contributed by atoms with van der Waals surface area (Å²) in [7, 11) is -2.39. The van der Waals surface area contributed by atoms with Crippen LogP contribution in [0.3, 0.4) is 0 Å². The third-order valence-electron chi connectivity index (χ3n) is 4.58. The van der Waals surface area contributed by atoms with E-state index < -0.39 is 9.84 Å². The highest BCUT2D eigenvalue weighted by molar-refractivity contribution is 7.95. The minimum atomic E-state index is -3.90. The number of nitriles is 1. The van der Waals surface area contributed by atoms with Crippen LogP contribution in [-0.2, 0) is 16.4 Å². The zero-order valence-corrected chi connectivity index (χ0v) is 17.5. The van der Waals surface area contributed by atoms with Gasteiger partial charge in [0.25, 0.3) is 0 Å². The highest BCUT2D eigenvalue weighted by atomic mass is 32.2. The van der Waals surface area contributed by atoms with Gasteiger partial charge in [-0.3, -0.25) is 0 Å². The maximum Gasteiger partial charge on any atom is 0.216 e. The molecule has 3 aromatic carbocycles. The van der Waals surface area contributed by atoms with Crippen LogP contribution in [0.4, 0.5) is 0 Å². The van der Waals surface area contributed by atoms with Gasteiger partial charge in [-0.15, -0.1) is 0 Å². The Morgan fingerprint density at radius 3 is 2.37 bits per heavy atom. The van der Waals surface area contributed by atoms with Crippen LogP contribution in [0.15, 0.2) is 82.6 Å². The first-order valence-corrected chi connectivity index (χ1v) is 10.7. The molecule has 0 saturated heterocycles. The molecule has 0 amide bonds. The number of hydrogen-bond donors (Lipinski definition) is 0. The van der Waals surface area contributed by atoms with Crippen molar-refractivity contribution in [2.24, 2.45) is 0 Å². The second-order valence-corrected chi connectivity index (χ2v) is 8.48. The van der Waals surface area contributed by atoms with Crippen molar-refractivity contribution in [3.8, 4) is 17.6 Å². The van der Waals surface area contributed by atoms with E-state index in [1.165, 1.54) is 25.3 Å². The molecule has 0 saturated carbocycles. The largest absolute Gasteiger partial charge is 0.493 e. The van der Waals surface area contributed by atoms with Crippen molar-refractivity contribution in [3.05, 3.63) is 94.4 Å². The van der Waals surface area contributed by atoms with E-state index in [4.69, 9.17) is 9.47 Å². The molecule has 0 atom stereocenters. The lowest BCUT2D eigenvalue weighted by molar-refractivity contribution is 0.284. The molecule has 5 nitrogen and oxygen atoms in total. The van der Waals surface area contributed by atoms with Gasteiger partial charge in [-0.25, -0.2) is 8.42 Å². The normalized spacial score (nSPS) is 11.6. The molecule has 0 fully saturated rings. The van der Waals surface area contributed by atoms with Gasteiger partial charge in [0.05, 0.1) is 12.0 Å². The number of sulfone groups is 1. The van der Waals surface area contributed by atoms with E-state index in [0.717, 1.165) is 11.1 Å². The lowest BCUT2D eigenvalue weighted by atomic mass is 10.1. The van der Waals surface area contributed by atoms with Crippen LogP contribution < -0.4 is 9.47 Å². The molecular formula is C24H21NO4S. The Morgan fingerprint density at radius 1 is 1.00 bits per heavy atom. The standard InChI is InChI=1S/C24H21NO4S/c1-18-8-6-7-9-20(18)17-29-23-13-12-19(15-24(23)28-2)14-22(16-25)30(26,27)21-10-4-3-5-11-21/h3-15H,17H2,1-2H3/b22-14+. The van der Waals surface area contributed by atoms with Gasteiger partial charge in [-0.2, -0.15) is 5.26 Å². The van der Waals surface area contributed by atoms with Crippen molar-refractivity contribution in [2.45, 2.75) is 18.4 Å². The number of methoxy groups -OCH3 is 1. The molecule has 0 N–H and O–H groups in total. The highest BCUT2D eigenvalue weighted by Crippen LogP contribution is 2.31. The van der Waals surface area contributed by atoms with Gasteiger partial charge in [-0.1, -0.05) is 48.5 Å². The molecule has 0 heterocycles. The zero-order valence-electron chi connectivity index (χ0n) is 16.7. The summed E-state index contributed by atoms with van der Waals surface area (Å²) in [5.74, 6) is 0.981. The van der Waals surface area contributed by atoms with E-state index in [9.17, 15) is 13.7 Å². The van der Waals surface area contributed by atoms with Crippen molar-refractivity contribution in [3.63, 3.8) is 0 Å². The Morgan fingerprint density at radius 2 is 1.70 bits per heavy atom. The smallest absolute Gasteiger partial charge is 0.216 e. The first-order valence-electron chi connectivity index (χ1n) is 9.23. The van der Waals surface area contributed by atoms with Crippen LogP contribution in [0.25, 0.3) is 6.08 Å². The quantitative estimate of drug-likeness (QED) is 0.508. The molecule has 0 aliphatic rings. The van der Waals surface area contributed by atoms with E-state index >= 15 is 0 Å². The molecule has 6 heteroatoms. The molecule has 0 aromatic heterocycles. The summed E-state index contributed by atoms with van der Waals surface area (Å²) in [4.78, 5) is -0.271. The molecule has 3 aromatic rings. The number of aryl methyl sites for hydroxylation is 1. The van der Waals surface area contributed by atoms with Crippen molar-refractivity contribution in [1.82, 2.24) is 0 Å². The molecule has 0 aliphatic heterocycles. The maximum atomic E-state index is 12.7. The first kappa shape index (κ1) is 21.2. The fraction of sp³-hybridized carbons (Fsp3) is 0.125. The fourth-order valence-electron chi connectivity index (χ4n) is 2.87. The molecule has 0 bridgehead atoms. The number of benzene rings is 3.